The lowest BCUT2D eigenvalue weighted by Crippen LogP contribution is -2.33. The molecular formula is C16H19NO4S. The molecule has 5 nitrogen and oxygen atoms in total. The average molecular weight is 321 g/mol. The van der Waals surface area contributed by atoms with Gasteiger partial charge in [0.2, 0.25) is 10.0 Å². The van der Waals surface area contributed by atoms with Crippen LogP contribution in [0.3, 0.4) is 0 Å². The van der Waals surface area contributed by atoms with Gasteiger partial charge in [0, 0.05) is 24.5 Å². The Morgan fingerprint density at radius 3 is 2.68 bits per heavy atom. The predicted molar refractivity (Wildman–Crippen MR) is 84.3 cm³/mol. The SMILES string of the molecule is CCCN(CC1CC1)S(=O)(=O)c1ccc2oc(=O)ccc2c1. The minimum atomic E-state index is -3.51. The summed E-state index contributed by atoms with van der Waals surface area (Å²) in [6, 6.07) is 7.52. The summed E-state index contributed by atoms with van der Waals surface area (Å²) in [5, 5.41) is 0.614. The average Bonchev–Trinajstić information content (AvgIpc) is 3.30. The molecule has 0 saturated heterocycles. The van der Waals surface area contributed by atoms with Crippen LogP contribution in [0.4, 0.5) is 0 Å². The van der Waals surface area contributed by atoms with E-state index in [1.165, 1.54) is 12.1 Å². The van der Waals surface area contributed by atoms with Gasteiger partial charge < -0.3 is 4.42 Å². The van der Waals surface area contributed by atoms with Gasteiger partial charge in [0.25, 0.3) is 0 Å². The standard InChI is InChI=1S/C16H19NO4S/c1-2-9-17(11-12-3-4-12)22(19,20)14-6-7-15-13(10-14)5-8-16(18)21-15/h5-8,10,12H,2-4,9,11H2,1H3. The van der Waals surface area contributed by atoms with Crippen LogP contribution in [-0.4, -0.2) is 25.8 Å². The van der Waals surface area contributed by atoms with Gasteiger partial charge in [0.15, 0.2) is 0 Å². The smallest absolute Gasteiger partial charge is 0.336 e. The molecule has 118 valence electrons. The highest BCUT2D eigenvalue weighted by molar-refractivity contribution is 7.89. The molecule has 0 radical (unpaired) electrons. The van der Waals surface area contributed by atoms with Crippen molar-refractivity contribution in [3.63, 3.8) is 0 Å². The van der Waals surface area contributed by atoms with E-state index in [0.717, 1.165) is 19.3 Å². The first-order valence-corrected chi connectivity index (χ1v) is 8.99. The number of benzene rings is 1. The number of rotatable bonds is 6. The quantitative estimate of drug-likeness (QED) is 0.767. The van der Waals surface area contributed by atoms with Crippen LogP contribution in [0.1, 0.15) is 26.2 Å². The van der Waals surface area contributed by atoms with Gasteiger partial charge in [-0.25, -0.2) is 13.2 Å². The van der Waals surface area contributed by atoms with Crippen LogP contribution in [0, 0.1) is 5.92 Å². The van der Waals surface area contributed by atoms with E-state index in [9.17, 15) is 13.2 Å². The Kier molecular flexibility index (Phi) is 4.06. The molecule has 0 atom stereocenters. The van der Waals surface area contributed by atoms with Crippen molar-refractivity contribution >= 4 is 21.0 Å². The van der Waals surface area contributed by atoms with Crippen molar-refractivity contribution in [2.45, 2.75) is 31.1 Å². The van der Waals surface area contributed by atoms with E-state index in [1.54, 1.807) is 22.5 Å². The molecule has 1 aromatic carbocycles. The fourth-order valence-electron chi connectivity index (χ4n) is 2.51. The van der Waals surface area contributed by atoms with Gasteiger partial charge in [0.05, 0.1) is 4.90 Å². The normalized spacial score (nSPS) is 15.5. The molecular weight excluding hydrogens is 302 g/mol. The molecule has 2 aromatic rings. The summed E-state index contributed by atoms with van der Waals surface area (Å²) in [6.45, 7) is 3.10. The summed E-state index contributed by atoms with van der Waals surface area (Å²) in [5.41, 5.74) is -0.0415. The summed E-state index contributed by atoms with van der Waals surface area (Å²) < 4.78 is 32.3. The maximum Gasteiger partial charge on any atom is 0.336 e. The molecule has 6 heteroatoms. The van der Waals surface area contributed by atoms with Gasteiger partial charge in [-0.3, -0.25) is 0 Å². The Morgan fingerprint density at radius 1 is 1.23 bits per heavy atom. The number of hydrogen-bond donors (Lipinski definition) is 0. The van der Waals surface area contributed by atoms with Crippen molar-refractivity contribution in [3.05, 3.63) is 40.8 Å². The fraction of sp³-hybridized carbons (Fsp3) is 0.438. The molecule has 0 unspecified atom stereocenters. The van der Waals surface area contributed by atoms with Gasteiger partial charge in [-0.2, -0.15) is 4.31 Å². The third-order valence-electron chi connectivity index (χ3n) is 3.86. The third-order valence-corrected chi connectivity index (χ3v) is 5.72. The minimum absolute atomic E-state index is 0.253. The van der Waals surface area contributed by atoms with E-state index in [0.29, 0.717) is 30.0 Å². The lowest BCUT2D eigenvalue weighted by molar-refractivity contribution is 0.395. The van der Waals surface area contributed by atoms with E-state index in [-0.39, 0.29) is 4.90 Å². The molecule has 1 fully saturated rings. The van der Waals surface area contributed by atoms with Gasteiger partial charge in [-0.15, -0.1) is 0 Å². The van der Waals surface area contributed by atoms with Crippen LogP contribution in [0.2, 0.25) is 0 Å². The van der Waals surface area contributed by atoms with Crippen molar-refractivity contribution in [2.24, 2.45) is 5.92 Å². The maximum absolute atomic E-state index is 12.8. The van der Waals surface area contributed by atoms with Crippen LogP contribution < -0.4 is 5.63 Å². The number of hydrogen-bond acceptors (Lipinski definition) is 4. The Hall–Kier alpha value is -1.66. The molecule has 3 rings (SSSR count). The molecule has 22 heavy (non-hydrogen) atoms. The first-order valence-electron chi connectivity index (χ1n) is 7.55. The Morgan fingerprint density at radius 2 is 2.00 bits per heavy atom. The van der Waals surface area contributed by atoms with Crippen LogP contribution in [0.5, 0.6) is 0 Å². The van der Waals surface area contributed by atoms with Gasteiger partial charge in [-0.05, 0) is 49.4 Å². The summed E-state index contributed by atoms with van der Waals surface area (Å²) in [4.78, 5) is 11.4. The summed E-state index contributed by atoms with van der Waals surface area (Å²) in [6.07, 6.45) is 3.01. The number of nitrogens with zero attached hydrogens (tertiary/aromatic N) is 1. The Bertz CT molecular complexity index is 837. The zero-order valence-corrected chi connectivity index (χ0v) is 13.3. The van der Waals surface area contributed by atoms with Crippen LogP contribution >= 0.6 is 0 Å². The molecule has 0 bridgehead atoms. The van der Waals surface area contributed by atoms with Crippen molar-refractivity contribution in [3.8, 4) is 0 Å². The molecule has 0 spiro atoms. The van der Waals surface area contributed by atoms with E-state index in [4.69, 9.17) is 4.42 Å². The van der Waals surface area contributed by atoms with E-state index < -0.39 is 15.6 Å². The van der Waals surface area contributed by atoms with Gasteiger partial charge in [0.1, 0.15) is 5.58 Å². The maximum atomic E-state index is 12.8. The first kappa shape index (κ1) is 15.2. The minimum Gasteiger partial charge on any atom is -0.423 e. The zero-order valence-electron chi connectivity index (χ0n) is 12.5. The summed E-state index contributed by atoms with van der Waals surface area (Å²) in [7, 11) is -3.51. The molecule has 1 aliphatic carbocycles. The summed E-state index contributed by atoms with van der Waals surface area (Å²) in [5.74, 6) is 0.500. The first-order chi connectivity index (χ1) is 10.5. The number of sulfonamides is 1. The molecule has 0 aliphatic heterocycles. The second kappa shape index (κ2) is 5.85. The van der Waals surface area contributed by atoms with E-state index >= 15 is 0 Å². The molecule has 0 N–H and O–H groups in total. The van der Waals surface area contributed by atoms with Crippen molar-refractivity contribution in [2.75, 3.05) is 13.1 Å². The molecule has 1 aromatic heterocycles. The Balaban J connectivity index is 1.98. The highest BCUT2D eigenvalue weighted by Gasteiger charge is 2.31. The zero-order chi connectivity index (χ0) is 15.7. The van der Waals surface area contributed by atoms with Gasteiger partial charge >= 0.3 is 5.63 Å². The monoisotopic (exact) mass is 321 g/mol. The molecule has 1 aliphatic rings. The van der Waals surface area contributed by atoms with Crippen molar-refractivity contribution in [1.29, 1.82) is 0 Å². The largest absolute Gasteiger partial charge is 0.423 e. The second-order valence-electron chi connectivity index (χ2n) is 5.76. The second-order valence-corrected chi connectivity index (χ2v) is 7.70. The lowest BCUT2D eigenvalue weighted by atomic mass is 10.2. The van der Waals surface area contributed by atoms with E-state index in [2.05, 4.69) is 0 Å². The molecule has 0 amide bonds. The highest BCUT2D eigenvalue weighted by atomic mass is 32.2. The molecule has 1 heterocycles. The van der Waals surface area contributed by atoms with Crippen LogP contribution in [-0.2, 0) is 10.0 Å². The van der Waals surface area contributed by atoms with Crippen molar-refractivity contribution < 1.29 is 12.8 Å². The Labute approximate surface area is 129 Å². The van der Waals surface area contributed by atoms with Crippen molar-refractivity contribution in [1.82, 2.24) is 4.31 Å². The third kappa shape index (κ3) is 3.08. The van der Waals surface area contributed by atoms with Crippen LogP contribution in [0.25, 0.3) is 11.0 Å². The van der Waals surface area contributed by atoms with Gasteiger partial charge in [-0.1, -0.05) is 6.92 Å². The summed E-state index contributed by atoms with van der Waals surface area (Å²) >= 11 is 0. The lowest BCUT2D eigenvalue weighted by Gasteiger charge is -2.21. The van der Waals surface area contributed by atoms with Crippen LogP contribution in [0.15, 0.2) is 44.4 Å². The predicted octanol–water partition coefficient (Wildman–Crippen LogP) is 2.60. The fourth-order valence-corrected chi connectivity index (χ4v) is 4.15. The highest BCUT2D eigenvalue weighted by Crippen LogP contribution is 2.32. The number of fused-ring (bicyclic) bond motifs is 1. The topological polar surface area (TPSA) is 67.6 Å². The van der Waals surface area contributed by atoms with E-state index in [1.807, 2.05) is 6.92 Å². The molecule has 1 saturated carbocycles.